The van der Waals surface area contributed by atoms with E-state index in [2.05, 4.69) is 6.58 Å². The highest BCUT2D eigenvalue weighted by Crippen LogP contribution is 2.01. The number of rotatable bonds is 4. The summed E-state index contributed by atoms with van der Waals surface area (Å²) in [7, 11) is 0. The van der Waals surface area contributed by atoms with Gasteiger partial charge in [-0.15, -0.1) is 6.58 Å². The molecule has 0 heterocycles. The second-order valence-corrected chi connectivity index (χ2v) is 2.14. The Hall–Kier alpha value is -0.300. The Bertz CT molecular complexity index is 66.8. The van der Waals surface area contributed by atoms with Crippen LogP contribution in [0.5, 0.6) is 0 Å². The maximum Gasteiger partial charge on any atom is 0.0431 e. The lowest BCUT2D eigenvalue weighted by Gasteiger charge is -1.94. The van der Waals surface area contributed by atoms with Crippen LogP contribution in [0, 0.1) is 0 Å². The second kappa shape index (κ2) is 4.85. The largest absolute Gasteiger partial charge is 0.396 e. The van der Waals surface area contributed by atoms with Gasteiger partial charge in [-0.25, -0.2) is 0 Å². The lowest BCUT2D eigenvalue weighted by atomic mass is 10.1. The fourth-order valence-corrected chi connectivity index (χ4v) is 0.539. The van der Waals surface area contributed by atoms with Gasteiger partial charge in [-0.2, -0.15) is 0 Å². The number of unbranched alkanes of at least 4 members (excludes halogenated alkanes) is 1. The molecule has 0 fully saturated rings. The average Bonchev–Trinajstić information content (AvgIpc) is 1.66. The van der Waals surface area contributed by atoms with Crippen molar-refractivity contribution >= 4 is 0 Å². The van der Waals surface area contributed by atoms with Crippen LogP contribution < -0.4 is 0 Å². The number of allylic oxidation sites excluding steroid dienone is 1. The van der Waals surface area contributed by atoms with Gasteiger partial charge in [0.1, 0.15) is 0 Å². The minimum absolute atomic E-state index is 0.313. The molecule has 0 aromatic rings. The van der Waals surface area contributed by atoms with Gasteiger partial charge in [0.05, 0.1) is 0 Å². The van der Waals surface area contributed by atoms with Crippen LogP contribution in [0.1, 0.15) is 26.2 Å². The molecule has 8 heavy (non-hydrogen) atoms. The fourth-order valence-electron chi connectivity index (χ4n) is 0.539. The van der Waals surface area contributed by atoms with Crippen molar-refractivity contribution in [2.24, 2.45) is 0 Å². The zero-order valence-electron chi connectivity index (χ0n) is 5.48. The van der Waals surface area contributed by atoms with Gasteiger partial charge in [-0.05, 0) is 26.2 Å². The first-order valence-electron chi connectivity index (χ1n) is 3.02. The number of hydrogen-bond acceptors (Lipinski definition) is 1. The molecular weight excluding hydrogens is 100 g/mol. The van der Waals surface area contributed by atoms with Crippen molar-refractivity contribution in [3.05, 3.63) is 12.2 Å². The third-order valence-electron chi connectivity index (χ3n) is 1.01. The zero-order chi connectivity index (χ0) is 6.41. The lowest BCUT2D eigenvalue weighted by molar-refractivity contribution is 0.284. The van der Waals surface area contributed by atoms with E-state index in [1.165, 1.54) is 5.57 Å². The number of aliphatic hydroxyl groups is 1. The predicted octanol–water partition coefficient (Wildman–Crippen LogP) is 1.73. The van der Waals surface area contributed by atoms with Gasteiger partial charge in [0, 0.05) is 6.61 Å². The summed E-state index contributed by atoms with van der Waals surface area (Å²) in [6.07, 6.45) is 3.04. The van der Waals surface area contributed by atoms with Crippen molar-refractivity contribution in [2.75, 3.05) is 6.61 Å². The Morgan fingerprint density at radius 3 is 2.50 bits per heavy atom. The molecule has 1 heteroatoms. The topological polar surface area (TPSA) is 20.2 Å². The van der Waals surface area contributed by atoms with Gasteiger partial charge in [-0.3, -0.25) is 0 Å². The van der Waals surface area contributed by atoms with E-state index in [-0.39, 0.29) is 0 Å². The van der Waals surface area contributed by atoms with Gasteiger partial charge in [-0.1, -0.05) is 5.57 Å². The highest BCUT2D eigenvalue weighted by Gasteiger charge is 1.85. The van der Waals surface area contributed by atoms with E-state index in [0.29, 0.717) is 6.61 Å². The second-order valence-electron chi connectivity index (χ2n) is 2.14. The molecule has 0 aromatic carbocycles. The molecule has 0 saturated carbocycles. The maximum atomic E-state index is 8.35. The summed E-state index contributed by atoms with van der Waals surface area (Å²) in [6.45, 7) is 6.07. The van der Waals surface area contributed by atoms with Crippen LogP contribution in [0.15, 0.2) is 12.2 Å². The van der Waals surface area contributed by atoms with E-state index in [4.69, 9.17) is 5.11 Å². The summed E-state index contributed by atoms with van der Waals surface area (Å²) < 4.78 is 0. The smallest absolute Gasteiger partial charge is 0.0431 e. The Balaban J connectivity index is 2.82. The molecule has 0 atom stereocenters. The van der Waals surface area contributed by atoms with E-state index in [1.807, 2.05) is 6.92 Å². The van der Waals surface area contributed by atoms with Crippen LogP contribution in [-0.4, -0.2) is 11.7 Å². The Labute approximate surface area is 51.0 Å². The number of aliphatic hydroxyl groups excluding tert-OH is 1. The van der Waals surface area contributed by atoms with Crippen molar-refractivity contribution in [2.45, 2.75) is 26.2 Å². The summed E-state index contributed by atoms with van der Waals surface area (Å²) in [5.41, 5.74) is 1.21. The van der Waals surface area contributed by atoms with Gasteiger partial charge >= 0.3 is 0 Å². The standard InChI is InChI=1S/C7H14O/c1-7(2)5-3-4-6-8/h8H,1,3-6H2,2H3. The predicted molar refractivity (Wildman–Crippen MR) is 35.8 cm³/mol. The molecule has 48 valence electrons. The van der Waals surface area contributed by atoms with Crippen LogP contribution in [0.2, 0.25) is 0 Å². The molecule has 0 spiro atoms. The summed E-state index contributed by atoms with van der Waals surface area (Å²) in [5, 5.41) is 8.35. The number of hydrogen-bond donors (Lipinski definition) is 1. The van der Waals surface area contributed by atoms with Crippen LogP contribution in [0.25, 0.3) is 0 Å². The molecule has 0 aliphatic carbocycles. The van der Waals surface area contributed by atoms with Crippen molar-refractivity contribution in [3.63, 3.8) is 0 Å². The molecule has 0 aromatic heterocycles. The first-order valence-corrected chi connectivity index (χ1v) is 3.02. The summed E-state index contributed by atoms with van der Waals surface area (Å²) in [4.78, 5) is 0. The molecule has 0 aliphatic heterocycles. The minimum atomic E-state index is 0.313. The van der Waals surface area contributed by atoms with E-state index in [0.717, 1.165) is 19.3 Å². The molecule has 1 nitrogen and oxygen atoms in total. The first kappa shape index (κ1) is 7.70. The van der Waals surface area contributed by atoms with Crippen molar-refractivity contribution in [3.8, 4) is 0 Å². The SMILES string of the molecule is C=C(C)CCCCO. The van der Waals surface area contributed by atoms with Gasteiger partial charge in [0.25, 0.3) is 0 Å². The zero-order valence-corrected chi connectivity index (χ0v) is 5.48. The molecule has 0 radical (unpaired) electrons. The Morgan fingerprint density at radius 2 is 2.12 bits per heavy atom. The fraction of sp³-hybridized carbons (Fsp3) is 0.714. The van der Waals surface area contributed by atoms with Crippen molar-refractivity contribution in [1.82, 2.24) is 0 Å². The highest BCUT2D eigenvalue weighted by atomic mass is 16.2. The van der Waals surface area contributed by atoms with Gasteiger partial charge < -0.3 is 5.11 Å². The van der Waals surface area contributed by atoms with Gasteiger partial charge in [0.15, 0.2) is 0 Å². The van der Waals surface area contributed by atoms with E-state index in [9.17, 15) is 0 Å². The molecule has 0 unspecified atom stereocenters. The maximum absolute atomic E-state index is 8.35. The molecule has 0 saturated heterocycles. The highest BCUT2D eigenvalue weighted by molar-refractivity contribution is 4.86. The molecule has 0 amide bonds. The summed E-state index contributed by atoms with van der Waals surface area (Å²) in [5.74, 6) is 0. The quantitative estimate of drug-likeness (QED) is 0.436. The molecule has 0 aliphatic rings. The first-order chi connectivity index (χ1) is 3.77. The normalized spacial score (nSPS) is 9.25. The van der Waals surface area contributed by atoms with Crippen LogP contribution in [-0.2, 0) is 0 Å². The third-order valence-corrected chi connectivity index (χ3v) is 1.01. The molecule has 1 N–H and O–H groups in total. The monoisotopic (exact) mass is 114 g/mol. The molecule has 0 rings (SSSR count). The Kier molecular flexibility index (Phi) is 4.67. The molecular formula is C7H14O. The van der Waals surface area contributed by atoms with Crippen molar-refractivity contribution in [1.29, 1.82) is 0 Å². The summed E-state index contributed by atoms with van der Waals surface area (Å²) >= 11 is 0. The van der Waals surface area contributed by atoms with Crippen molar-refractivity contribution < 1.29 is 5.11 Å². The van der Waals surface area contributed by atoms with Crippen LogP contribution >= 0.6 is 0 Å². The van der Waals surface area contributed by atoms with Gasteiger partial charge in [0.2, 0.25) is 0 Å². The van der Waals surface area contributed by atoms with E-state index < -0.39 is 0 Å². The lowest BCUT2D eigenvalue weighted by Crippen LogP contribution is -1.82. The van der Waals surface area contributed by atoms with Crippen LogP contribution in [0.4, 0.5) is 0 Å². The minimum Gasteiger partial charge on any atom is -0.396 e. The Morgan fingerprint density at radius 1 is 1.50 bits per heavy atom. The van der Waals surface area contributed by atoms with Crippen LogP contribution in [0.3, 0.4) is 0 Å². The average molecular weight is 114 g/mol. The molecule has 0 bridgehead atoms. The van der Waals surface area contributed by atoms with E-state index >= 15 is 0 Å². The summed E-state index contributed by atoms with van der Waals surface area (Å²) in [6, 6.07) is 0. The van der Waals surface area contributed by atoms with E-state index in [1.54, 1.807) is 0 Å². The third kappa shape index (κ3) is 5.70.